The fraction of sp³-hybridized carbons (Fsp3) is 0.931. The third-order valence-corrected chi connectivity index (χ3v) is 20.6. The average molecular weight is 1530 g/mol. The maximum Gasteiger partial charge on any atom is 0.321 e. The van der Waals surface area contributed by atoms with E-state index in [0.717, 1.165) is 23.5 Å². The van der Waals surface area contributed by atoms with Crippen molar-refractivity contribution in [3.05, 3.63) is 0 Å². The first-order valence-corrected chi connectivity index (χ1v) is 35.0. The van der Waals surface area contributed by atoms with Gasteiger partial charge in [-0.1, -0.05) is 0 Å². The number of thioether (sulfide) groups is 2. The molecule has 21 fully saturated rings. The van der Waals surface area contributed by atoms with Gasteiger partial charge in [-0.3, -0.25) is 19.2 Å². The van der Waals surface area contributed by atoms with Crippen LogP contribution in [0.1, 0.15) is 26.2 Å². The van der Waals surface area contributed by atoms with Gasteiger partial charge >= 0.3 is 11.9 Å². The van der Waals surface area contributed by atoms with Crippen molar-refractivity contribution < 1.29 is 202 Å². The number of aliphatic hydroxyl groups excluding tert-OH is 18. The summed E-state index contributed by atoms with van der Waals surface area (Å²) in [6.07, 6.45) is -70.3. The SMILES string of the molecule is CN[C@H](CSCC1O[C@H]2O[C@@H]3C(CO)O[C@H](O[C@]4(O)CO[C@H](O[C@@H]5C(CO)O[C@H](O[C@@H]6C(CSC[C@@H](CC(=O)CCOCCOCCC(C)=O)C(=O)O)O[C@H](O[C@@H]7C(CO)O[C@@H](O[C@@H]8C(CO)O[C@@H](O[C@H]1[C@H](O)C2O)C(O)[C@H]8O)C(O)[C@H]7O)C(O)[C@H]6O)C(O)[C@H]5O)C(O)[C@H]4O)C(O)[C@H]3O)C(=O)O. The number of ketones is 2. The number of rotatable bonds is 26. The first-order chi connectivity index (χ1) is 48.4. The van der Waals surface area contributed by atoms with Gasteiger partial charge in [0, 0.05) is 42.3 Å². The molecule has 21 aliphatic heterocycles. The Balaban J connectivity index is 1.07. The van der Waals surface area contributed by atoms with Gasteiger partial charge in [0.1, 0.15) is 171 Å². The van der Waals surface area contributed by atoms with Gasteiger partial charge in [-0.25, -0.2) is 0 Å². The Hall–Kier alpha value is -2.46. The molecular weight excluding hydrogens is 1430 g/mol. The number of aliphatic carboxylic acids is 2. The van der Waals surface area contributed by atoms with Crippen LogP contribution in [0.5, 0.6) is 0 Å². The standard InChI is InChI=1S/C58H95NO41S2/c1-19(64)3-5-85-7-8-86-6-4-21(65)9-20(49(80)81)14-101-16-27-46-32(69)38(75)55(92-27)96-44-25(12-62)89-52(36(73)30(44)67)95-43-24(11-61)90-54(37(74)31(43)68)99-47-28(17-102-15-22(59-2)50(82)83)93-56(39(76)33(47)70)97-45-26(13-63)91-57(40(77)34(45)71)100-58(84)18-87-51(41(78)48(58)79)94-42-23(10-60)88-53(98-46)35(72)29(42)66/h20,22-48,51-57,59-63,66-79,84H,3-18H2,1-2H3,(H,80,81)(H,82,83)/t20-,22-,23?,24?,25?,26?,27?,28?,29-,30-,31-,32-,33-,34-,35?,36?,37?,38?,39?,40?,41?,42-,43-,44-,45-,46-,47-,48-,51-,52+,53-,54+,55-,56+,57-,58-/m1/s1. The highest BCUT2D eigenvalue weighted by Crippen LogP contribution is 2.40. The van der Waals surface area contributed by atoms with Crippen LogP contribution >= 0.6 is 23.5 Å². The van der Waals surface area contributed by atoms with Gasteiger partial charge in [0.05, 0.1) is 71.0 Å². The number of carbonyl (C=O) groups is 4. The van der Waals surface area contributed by atoms with Crippen molar-refractivity contribution in [1.29, 1.82) is 0 Å². The van der Waals surface area contributed by atoms with Gasteiger partial charge in [-0.05, 0) is 14.0 Å². The molecule has 0 aromatic heterocycles. The lowest BCUT2D eigenvalue weighted by Crippen LogP contribution is -2.69. The molecular formula is C58H95NO41S2. The summed E-state index contributed by atoms with van der Waals surface area (Å²) in [6, 6.07) is -1.19. The smallest absolute Gasteiger partial charge is 0.321 e. The van der Waals surface area contributed by atoms with Crippen molar-refractivity contribution >= 4 is 47.0 Å². The summed E-state index contributed by atoms with van der Waals surface area (Å²) in [5, 5.41) is 240. The lowest BCUT2D eigenvalue weighted by molar-refractivity contribution is -0.432. The van der Waals surface area contributed by atoms with Gasteiger partial charge in [0.2, 0.25) is 5.79 Å². The Bertz CT molecular complexity index is 2610. The quantitative estimate of drug-likeness (QED) is 0.0358. The summed E-state index contributed by atoms with van der Waals surface area (Å²) in [4.78, 5) is 48.7. The topological polar surface area (TPSA) is 653 Å². The molecule has 0 amide bonds. The van der Waals surface area contributed by atoms with Crippen LogP contribution in [0, 0.1) is 5.92 Å². The minimum Gasteiger partial charge on any atom is -0.481 e. The van der Waals surface area contributed by atoms with Crippen molar-refractivity contribution in [3.63, 3.8) is 0 Å². The zero-order valence-corrected chi connectivity index (χ0v) is 56.5. The second-order valence-corrected chi connectivity index (χ2v) is 27.7. The van der Waals surface area contributed by atoms with Gasteiger partial charge in [0.25, 0.3) is 0 Å². The molecule has 102 heavy (non-hydrogen) atoms. The van der Waals surface area contributed by atoms with Crippen LogP contribution < -0.4 is 5.32 Å². The zero-order chi connectivity index (χ0) is 74.8. The second kappa shape index (κ2) is 38.8. The van der Waals surface area contributed by atoms with E-state index < -0.39 is 283 Å². The number of carboxylic acids is 2. The van der Waals surface area contributed by atoms with Crippen LogP contribution in [0.3, 0.4) is 0 Å². The molecule has 21 saturated heterocycles. The largest absolute Gasteiger partial charge is 0.481 e. The maximum atomic E-state index is 13.0. The third-order valence-electron chi connectivity index (χ3n) is 18.3. The fourth-order valence-electron chi connectivity index (χ4n) is 12.3. The minimum atomic E-state index is -3.14. The zero-order valence-electron chi connectivity index (χ0n) is 54.9. The summed E-state index contributed by atoms with van der Waals surface area (Å²) in [7, 11) is 1.34. The predicted molar refractivity (Wildman–Crippen MR) is 327 cm³/mol. The van der Waals surface area contributed by atoms with E-state index in [0.29, 0.717) is 0 Å². The number of hydrogen-bond donors (Lipinski definition) is 22. The van der Waals surface area contributed by atoms with E-state index in [1.165, 1.54) is 14.0 Å². The Morgan fingerprint density at radius 1 is 0.431 bits per heavy atom. The van der Waals surface area contributed by atoms with Crippen LogP contribution in [-0.2, 0) is 95.0 Å². The van der Waals surface area contributed by atoms with Gasteiger partial charge in [-0.2, -0.15) is 23.5 Å². The number of aliphatic hydroxyl groups is 19. The van der Waals surface area contributed by atoms with E-state index in [-0.39, 0.29) is 62.3 Å². The molecule has 21 heterocycles. The highest BCUT2D eigenvalue weighted by molar-refractivity contribution is 7.99. The van der Waals surface area contributed by atoms with Crippen LogP contribution in [0.2, 0.25) is 0 Å². The minimum absolute atomic E-state index is 0.0643. The highest BCUT2D eigenvalue weighted by Gasteiger charge is 2.61. The second-order valence-electron chi connectivity index (χ2n) is 25.5. The fourth-order valence-corrected chi connectivity index (χ4v) is 14.7. The molecule has 0 aromatic carbocycles. The van der Waals surface area contributed by atoms with Gasteiger partial charge in [-0.15, -0.1) is 0 Å². The van der Waals surface area contributed by atoms with Gasteiger partial charge < -0.3 is 188 Å². The summed E-state index contributed by atoms with van der Waals surface area (Å²) >= 11 is 1.65. The number of carboxylic acid groups (broad SMARTS) is 2. The van der Waals surface area contributed by atoms with Crippen LogP contribution in [-0.4, -0.2) is 435 Å². The Morgan fingerprint density at radius 2 is 0.765 bits per heavy atom. The van der Waals surface area contributed by atoms with Crippen LogP contribution in [0.15, 0.2) is 0 Å². The number of ether oxygens (including phenoxy) is 16. The third kappa shape index (κ3) is 20.3. The lowest BCUT2D eigenvalue weighted by Gasteiger charge is -2.50. The van der Waals surface area contributed by atoms with Crippen LogP contribution in [0.25, 0.3) is 0 Å². The molecule has 21 aliphatic rings. The lowest BCUT2D eigenvalue weighted by atomic mass is 9.95. The Morgan fingerprint density at radius 3 is 1.12 bits per heavy atom. The average Bonchev–Trinajstić information content (AvgIpc) is 0.774. The molecule has 42 nitrogen and oxygen atoms in total. The van der Waals surface area contributed by atoms with E-state index >= 15 is 0 Å². The molecule has 22 N–H and O–H groups in total. The van der Waals surface area contributed by atoms with Crippen molar-refractivity contribution in [1.82, 2.24) is 5.32 Å². The van der Waals surface area contributed by atoms with Crippen molar-refractivity contribution in [2.75, 3.05) is 89.5 Å². The van der Waals surface area contributed by atoms with Crippen molar-refractivity contribution in [2.24, 2.45) is 5.92 Å². The number of likely N-dealkylation sites (N-methyl/N-ethyl adjacent to an activating group) is 1. The first kappa shape index (κ1) is 85.2. The normalized spacial score (nSPS) is 45.2. The summed E-state index contributed by atoms with van der Waals surface area (Å²) in [6.45, 7) is -4.08. The number of nitrogens with one attached hydrogen (secondary N) is 1. The molecule has 13 unspecified atom stereocenters. The molecule has 0 aromatic rings. The summed E-state index contributed by atoms with van der Waals surface area (Å²) in [5.74, 6) is -9.25. The van der Waals surface area contributed by atoms with Crippen molar-refractivity contribution in [2.45, 2.75) is 241 Å². The van der Waals surface area contributed by atoms with E-state index in [1.54, 1.807) is 0 Å². The Labute approximate surface area is 588 Å². The van der Waals surface area contributed by atoms with Gasteiger partial charge in [0.15, 0.2) is 44.0 Å². The molecule has 14 bridgehead atoms. The predicted octanol–water partition coefficient (Wildman–Crippen LogP) is -13.1. The summed E-state index contributed by atoms with van der Waals surface area (Å²) < 4.78 is 92.4. The van der Waals surface area contributed by atoms with E-state index in [4.69, 9.17) is 75.8 Å². The van der Waals surface area contributed by atoms with E-state index in [9.17, 15) is 126 Å². The molecule has 0 radical (unpaired) electrons. The molecule has 0 aliphatic carbocycles. The molecule has 21 rings (SSSR count). The summed E-state index contributed by atoms with van der Waals surface area (Å²) in [5.41, 5.74) is 0. The number of Topliss-reactive ketones (excluding diaryl/α,β-unsaturated/α-hetero) is 2. The monoisotopic (exact) mass is 1530 g/mol. The number of carbonyl (C=O) groups excluding carboxylic acids is 2. The molecule has 36 atom stereocenters. The van der Waals surface area contributed by atoms with E-state index in [1.807, 2.05) is 0 Å². The molecule has 0 saturated carbocycles. The molecule has 44 heteroatoms. The number of hydrogen-bond acceptors (Lipinski definition) is 42. The first-order valence-electron chi connectivity index (χ1n) is 32.7. The molecule has 0 spiro atoms. The Kier molecular flexibility index (Phi) is 32.4. The van der Waals surface area contributed by atoms with Crippen molar-refractivity contribution in [3.8, 4) is 0 Å². The highest BCUT2D eigenvalue weighted by atomic mass is 32.2. The maximum absolute atomic E-state index is 13.0. The molecule has 590 valence electrons. The van der Waals surface area contributed by atoms with Crippen LogP contribution in [0.4, 0.5) is 0 Å². The van der Waals surface area contributed by atoms with E-state index in [2.05, 4.69) is 5.32 Å².